The molecule has 120 valence electrons. The lowest BCUT2D eigenvalue weighted by atomic mass is 10.1. The minimum Gasteiger partial charge on any atom is -0.325 e. The lowest BCUT2D eigenvalue weighted by Crippen LogP contribution is -2.14. The third-order valence-corrected chi connectivity index (χ3v) is 4.76. The smallest absolute Gasteiger partial charge is 0.234 e. The number of carbonyl (C=O) groups excluding carboxylic acids is 2. The van der Waals surface area contributed by atoms with Gasteiger partial charge in [-0.05, 0) is 48.0 Å². The standard InChI is InChI=1S/C20H17NO2S/c1-14(22)15-9-11-17(12-10-15)21-20(23)13-24-19-8-4-6-16-5-2-3-7-18(16)19/h2-12H,13H2,1H3,(H,21,23). The maximum Gasteiger partial charge on any atom is 0.234 e. The van der Waals surface area contributed by atoms with E-state index in [0.717, 1.165) is 10.3 Å². The molecule has 0 aliphatic rings. The summed E-state index contributed by atoms with van der Waals surface area (Å²) in [5.74, 6) is 0.283. The van der Waals surface area contributed by atoms with Crippen molar-refractivity contribution in [3.63, 3.8) is 0 Å². The number of carbonyl (C=O) groups is 2. The number of benzene rings is 3. The Morgan fingerprint density at radius 1 is 0.917 bits per heavy atom. The van der Waals surface area contributed by atoms with Crippen LogP contribution in [0, 0.1) is 0 Å². The number of nitrogens with one attached hydrogen (secondary N) is 1. The van der Waals surface area contributed by atoms with Gasteiger partial charge in [0.05, 0.1) is 5.75 Å². The largest absolute Gasteiger partial charge is 0.325 e. The van der Waals surface area contributed by atoms with Crippen LogP contribution in [-0.2, 0) is 4.79 Å². The molecule has 3 nitrogen and oxygen atoms in total. The molecule has 1 N–H and O–H groups in total. The van der Waals surface area contributed by atoms with Crippen LogP contribution in [0.5, 0.6) is 0 Å². The number of anilines is 1. The predicted octanol–water partition coefficient (Wildman–Crippen LogP) is 4.77. The summed E-state index contributed by atoms with van der Waals surface area (Å²) in [6.07, 6.45) is 0. The molecule has 0 spiro atoms. The van der Waals surface area contributed by atoms with Gasteiger partial charge in [-0.3, -0.25) is 9.59 Å². The molecular formula is C20H17NO2S. The third kappa shape index (κ3) is 3.84. The first-order valence-corrected chi connectivity index (χ1v) is 8.63. The van der Waals surface area contributed by atoms with Gasteiger partial charge >= 0.3 is 0 Å². The topological polar surface area (TPSA) is 46.2 Å². The number of ketones is 1. The first kappa shape index (κ1) is 16.3. The Bertz CT molecular complexity index is 882. The molecule has 3 aromatic rings. The van der Waals surface area contributed by atoms with Gasteiger partial charge in [0, 0.05) is 16.1 Å². The van der Waals surface area contributed by atoms with Gasteiger partial charge in [-0.15, -0.1) is 11.8 Å². The highest BCUT2D eigenvalue weighted by Gasteiger charge is 2.07. The first-order valence-electron chi connectivity index (χ1n) is 7.65. The molecule has 0 atom stereocenters. The first-order chi connectivity index (χ1) is 11.6. The normalized spacial score (nSPS) is 10.5. The minimum absolute atomic E-state index is 0.0133. The molecule has 4 heteroatoms. The van der Waals surface area contributed by atoms with Crippen LogP contribution in [-0.4, -0.2) is 17.4 Å². The van der Waals surface area contributed by atoms with E-state index < -0.39 is 0 Å². The molecule has 0 aromatic heterocycles. The number of fused-ring (bicyclic) bond motifs is 1. The van der Waals surface area contributed by atoms with Crippen molar-refractivity contribution in [2.24, 2.45) is 0 Å². The average Bonchev–Trinajstić information content (AvgIpc) is 2.60. The van der Waals surface area contributed by atoms with Gasteiger partial charge < -0.3 is 5.32 Å². The molecule has 3 aromatic carbocycles. The van der Waals surface area contributed by atoms with Gasteiger partial charge in [0.25, 0.3) is 0 Å². The van der Waals surface area contributed by atoms with E-state index in [2.05, 4.69) is 23.5 Å². The highest BCUT2D eigenvalue weighted by molar-refractivity contribution is 8.00. The van der Waals surface area contributed by atoms with Crippen LogP contribution in [0.25, 0.3) is 10.8 Å². The van der Waals surface area contributed by atoms with E-state index in [1.165, 1.54) is 24.1 Å². The number of hydrogen-bond donors (Lipinski definition) is 1. The lowest BCUT2D eigenvalue weighted by molar-refractivity contribution is -0.113. The van der Waals surface area contributed by atoms with Crippen molar-refractivity contribution < 1.29 is 9.59 Å². The summed E-state index contributed by atoms with van der Waals surface area (Å²) in [4.78, 5) is 24.5. The van der Waals surface area contributed by atoms with Crippen molar-refractivity contribution in [1.29, 1.82) is 0 Å². The Balaban J connectivity index is 1.64. The summed E-state index contributed by atoms with van der Waals surface area (Å²) in [6.45, 7) is 1.52. The molecule has 0 aliphatic heterocycles. The monoisotopic (exact) mass is 335 g/mol. The van der Waals surface area contributed by atoms with Crippen molar-refractivity contribution in [3.05, 3.63) is 72.3 Å². The summed E-state index contributed by atoms with van der Waals surface area (Å²) in [7, 11) is 0. The van der Waals surface area contributed by atoms with Crippen LogP contribution in [0.4, 0.5) is 5.69 Å². The molecule has 0 aliphatic carbocycles. The van der Waals surface area contributed by atoms with E-state index in [1.807, 2.05) is 24.3 Å². The van der Waals surface area contributed by atoms with Crippen LogP contribution in [0.15, 0.2) is 71.6 Å². The molecule has 0 unspecified atom stereocenters. The zero-order valence-electron chi connectivity index (χ0n) is 13.3. The molecule has 0 heterocycles. The average molecular weight is 335 g/mol. The van der Waals surface area contributed by atoms with E-state index >= 15 is 0 Å². The number of Topliss-reactive ketones (excluding diaryl/α,β-unsaturated/α-hetero) is 1. The van der Waals surface area contributed by atoms with Crippen molar-refractivity contribution in [1.82, 2.24) is 0 Å². The van der Waals surface area contributed by atoms with E-state index in [4.69, 9.17) is 0 Å². The summed E-state index contributed by atoms with van der Waals surface area (Å²) < 4.78 is 0. The Kier molecular flexibility index (Phi) is 4.96. The maximum atomic E-state index is 12.1. The Labute approximate surface area is 145 Å². The van der Waals surface area contributed by atoms with E-state index in [9.17, 15) is 9.59 Å². The molecule has 1 amide bonds. The van der Waals surface area contributed by atoms with Crippen molar-refractivity contribution in [2.75, 3.05) is 11.1 Å². The Morgan fingerprint density at radius 3 is 2.38 bits per heavy atom. The van der Waals surface area contributed by atoms with Gasteiger partial charge in [0.2, 0.25) is 5.91 Å². The second kappa shape index (κ2) is 7.32. The molecule has 3 rings (SSSR count). The molecule has 0 saturated heterocycles. The predicted molar refractivity (Wildman–Crippen MR) is 99.7 cm³/mol. The van der Waals surface area contributed by atoms with Crippen molar-refractivity contribution >= 4 is 39.9 Å². The second-order valence-electron chi connectivity index (χ2n) is 5.45. The van der Waals surface area contributed by atoms with E-state index in [1.54, 1.807) is 24.3 Å². The van der Waals surface area contributed by atoms with Crippen LogP contribution in [0.2, 0.25) is 0 Å². The highest BCUT2D eigenvalue weighted by Crippen LogP contribution is 2.27. The maximum absolute atomic E-state index is 12.1. The van der Waals surface area contributed by atoms with Gasteiger partial charge in [0.1, 0.15) is 0 Å². The summed E-state index contributed by atoms with van der Waals surface area (Å²) >= 11 is 1.52. The van der Waals surface area contributed by atoms with E-state index in [0.29, 0.717) is 17.0 Å². The molecule has 0 bridgehead atoms. The zero-order valence-corrected chi connectivity index (χ0v) is 14.1. The Hall–Kier alpha value is -2.59. The zero-order chi connectivity index (χ0) is 16.9. The number of rotatable bonds is 5. The number of thioether (sulfide) groups is 1. The highest BCUT2D eigenvalue weighted by atomic mass is 32.2. The molecule has 0 radical (unpaired) electrons. The molecule has 0 saturated carbocycles. The van der Waals surface area contributed by atoms with E-state index in [-0.39, 0.29) is 11.7 Å². The van der Waals surface area contributed by atoms with Crippen LogP contribution >= 0.6 is 11.8 Å². The molecular weight excluding hydrogens is 318 g/mol. The van der Waals surface area contributed by atoms with Gasteiger partial charge in [0.15, 0.2) is 5.78 Å². The fourth-order valence-corrected chi connectivity index (χ4v) is 3.33. The lowest BCUT2D eigenvalue weighted by Gasteiger charge is -2.08. The van der Waals surface area contributed by atoms with Gasteiger partial charge in [-0.25, -0.2) is 0 Å². The van der Waals surface area contributed by atoms with Crippen molar-refractivity contribution in [3.8, 4) is 0 Å². The third-order valence-electron chi connectivity index (χ3n) is 3.68. The van der Waals surface area contributed by atoms with Gasteiger partial charge in [-0.2, -0.15) is 0 Å². The fraction of sp³-hybridized carbons (Fsp3) is 0.100. The number of hydrogen-bond acceptors (Lipinski definition) is 3. The van der Waals surface area contributed by atoms with Crippen molar-refractivity contribution in [2.45, 2.75) is 11.8 Å². The molecule has 24 heavy (non-hydrogen) atoms. The number of amides is 1. The summed E-state index contributed by atoms with van der Waals surface area (Å²) in [5, 5.41) is 5.18. The van der Waals surface area contributed by atoms with Gasteiger partial charge in [-0.1, -0.05) is 36.4 Å². The molecule has 0 fully saturated rings. The van der Waals surface area contributed by atoms with Crippen LogP contribution < -0.4 is 5.32 Å². The summed E-state index contributed by atoms with van der Waals surface area (Å²) in [6, 6.07) is 21.2. The summed E-state index contributed by atoms with van der Waals surface area (Å²) in [5.41, 5.74) is 1.33. The van der Waals surface area contributed by atoms with Crippen LogP contribution in [0.1, 0.15) is 17.3 Å². The second-order valence-corrected chi connectivity index (χ2v) is 6.46. The Morgan fingerprint density at radius 2 is 1.62 bits per heavy atom. The van der Waals surface area contributed by atoms with Crippen LogP contribution in [0.3, 0.4) is 0 Å². The quantitative estimate of drug-likeness (QED) is 0.539. The minimum atomic E-state index is -0.0662. The SMILES string of the molecule is CC(=O)c1ccc(NC(=O)CSc2cccc3ccccc23)cc1. The fourth-order valence-electron chi connectivity index (χ4n) is 2.45.